The van der Waals surface area contributed by atoms with Crippen molar-refractivity contribution in [1.82, 2.24) is 5.32 Å². The van der Waals surface area contributed by atoms with E-state index in [1.807, 2.05) is 24.3 Å². The van der Waals surface area contributed by atoms with Crippen molar-refractivity contribution in [3.05, 3.63) is 29.8 Å². The maximum atomic E-state index is 11.7. The van der Waals surface area contributed by atoms with Crippen LogP contribution in [0.15, 0.2) is 24.3 Å². The molecule has 0 saturated heterocycles. The third-order valence-electron chi connectivity index (χ3n) is 2.27. The summed E-state index contributed by atoms with van der Waals surface area (Å²) in [6.45, 7) is 3.32. The average Bonchev–Trinajstić information content (AvgIpc) is 2.29. The number of benzene rings is 1. The van der Waals surface area contributed by atoms with Gasteiger partial charge in [-0.2, -0.15) is 5.26 Å². The van der Waals surface area contributed by atoms with Gasteiger partial charge in [-0.1, -0.05) is 18.2 Å². The van der Waals surface area contributed by atoms with Crippen LogP contribution >= 0.6 is 0 Å². The lowest BCUT2D eigenvalue weighted by Gasteiger charge is -2.17. The van der Waals surface area contributed by atoms with Crippen LogP contribution in [0, 0.1) is 11.3 Å². The highest BCUT2D eigenvalue weighted by atomic mass is 16.5. The Morgan fingerprint density at radius 1 is 1.47 bits per heavy atom. The van der Waals surface area contributed by atoms with Crippen LogP contribution in [0.4, 0.5) is 0 Å². The molecule has 0 aliphatic carbocycles. The van der Waals surface area contributed by atoms with Crippen LogP contribution in [0.1, 0.15) is 19.4 Å². The number of carbonyl (C=O) groups excluding carboxylic acids is 1. The summed E-state index contributed by atoms with van der Waals surface area (Å²) < 4.78 is 5.16. The Bertz CT molecular complexity index is 447. The van der Waals surface area contributed by atoms with Crippen molar-refractivity contribution in [2.45, 2.75) is 25.8 Å². The predicted molar refractivity (Wildman–Crippen MR) is 64.5 cm³/mol. The highest BCUT2D eigenvalue weighted by Crippen LogP contribution is 2.17. The SMILES string of the molecule is COc1ccccc1CC(=O)NC(C)(C)C#N. The zero-order valence-corrected chi connectivity index (χ0v) is 10.3. The highest BCUT2D eigenvalue weighted by molar-refractivity contribution is 5.80. The van der Waals surface area contributed by atoms with Gasteiger partial charge in [-0.25, -0.2) is 0 Å². The van der Waals surface area contributed by atoms with Gasteiger partial charge in [0.1, 0.15) is 11.3 Å². The van der Waals surface area contributed by atoms with Gasteiger partial charge in [-0.3, -0.25) is 4.79 Å². The lowest BCUT2D eigenvalue weighted by atomic mass is 10.1. The van der Waals surface area contributed by atoms with Crippen molar-refractivity contribution in [3.63, 3.8) is 0 Å². The number of methoxy groups -OCH3 is 1. The first-order valence-electron chi connectivity index (χ1n) is 5.32. The Morgan fingerprint density at radius 3 is 2.71 bits per heavy atom. The van der Waals surface area contributed by atoms with Gasteiger partial charge < -0.3 is 10.1 Å². The van der Waals surface area contributed by atoms with Crippen LogP contribution in [-0.4, -0.2) is 18.6 Å². The van der Waals surface area contributed by atoms with E-state index < -0.39 is 5.54 Å². The molecule has 0 bridgehead atoms. The molecule has 1 amide bonds. The molecule has 0 atom stereocenters. The van der Waals surface area contributed by atoms with Gasteiger partial charge in [0.05, 0.1) is 19.6 Å². The van der Waals surface area contributed by atoms with Crippen molar-refractivity contribution in [1.29, 1.82) is 5.26 Å². The fraction of sp³-hybridized carbons (Fsp3) is 0.385. The third kappa shape index (κ3) is 3.80. The largest absolute Gasteiger partial charge is 0.496 e. The van der Waals surface area contributed by atoms with Gasteiger partial charge in [-0.05, 0) is 19.9 Å². The minimum Gasteiger partial charge on any atom is -0.496 e. The van der Waals surface area contributed by atoms with E-state index in [4.69, 9.17) is 10.00 Å². The Balaban J connectivity index is 2.72. The molecule has 4 nitrogen and oxygen atoms in total. The Labute approximate surface area is 101 Å². The number of amides is 1. The summed E-state index contributed by atoms with van der Waals surface area (Å²) in [4.78, 5) is 11.7. The molecule has 0 saturated carbocycles. The smallest absolute Gasteiger partial charge is 0.225 e. The summed E-state index contributed by atoms with van der Waals surface area (Å²) in [5.41, 5.74) is -0.0414. The molecule has 1 aromatic carbocycles. The Kier molecular flexibility index (Phi) is 4.11. The van der Waals surface area contributed by atoms with Gasteiger partial charge in [0.25, 0.3) is 0 Å². The molecule has 0 unspecified atom stereocenters. The molecule has 17 heavy (non-hydrogen) atoms. The second kappa shape index (κ2) is 5.35. The number of nitriles is 1. The van der Waals surface area contributed by atoms with Crippen molar-refractivity contribution < 1.29 is 9.53 Å². The molecule has 0 fully saturated rings. The summed E-state index contributed by atoms with van der Waals surface area (Å²) in [6.07, 6.45) is 0.203. The van der Waals surface area contributed by atoms with Crippen molar-refractivity contribution in [2.24, 2.45) is 0 Å². The summed E-state index contributed by atoms with van der Waals surface area (Å²) in [5, 5.41) is 11.5. The molecule has 4 heteroatoms. The summed E-state index contributed by atoms with van der Waals surface area (Å²) in [5.74, 6) is 0.485. The number of nitrogens with zero attached hydrogens (tertiary/aromatic N) is 1. The molecular formula is C13H16N2O2. The fourth-order valence-corrected chi connectivity index (χ4v) is 1.44. The summed E-state index contributed by atoms with van der Waals surface area (Å²) in [7, 11) is 1.57. The van der Waals surface area contributed by atoms with Crippen molar-refractivity contribution in [3.8, 4) is 11.8 Å². The lowest BCUT2D eigenvalue weighted by molar-refractivity contribution is -0.121. The molecule has 0 radical (unpaired) electrons. The van der Waals surface area contributed by atoms with Gasteiger partial charge in [-0.15, -0.1) is 0 Å². The fourth-order valence-electron chi connectivity index (χ4n) is 1.44. The minimum absolute atomic E-state index is 0.193. The molecular weight excluding hydrogens is 216 g/mol. The van der Waals surface area contributed by atoms with Crippen molar-refractivity contribution >= 4 is 5.91 Å². The zero-order chi connectivity index (χ0) is 12.9. The average molecular weight is 232 g/mol. The molecule has 0 spiro atoms. The summed E-state index contributed by atoms with van der Waals surface area (Å²) >= 11 is 0. The number of hydrogen-bond donors (Lipinski definition) is 1. The van der Waals surface area contributed by atoms with E-state index in [1.165, 1.54) is 0 Å². The predicted octanol–water partition coefficient (Wildman–Crippen LogP) is 1.66. The maximum absolute atomic E-state index is 11.7. The third-order valence-corrected chi connectivity index (χ3v) is 2.27. The Hall–Kier alpha value is -2.02. The molecule has 1 aromatic rings. The molecule has 1 N–H and O–H groups in total. The van der Waals surface area contributed by atoms with E-state index >= 15 is 0 Å². The van der Waals surface area contributed by atoms with Crippen LogP contribution in [0.25, 0.3) is 0 Å². The van der Waals surface area contributed by atoms with Gasteiger partial charge >= 0.3 is 0 Å². The zero-order valence-electron chi connectivity index (χ0n) is 10.3. The van der Waals surface area contributed by atoms with Crippen molar-refractivity contribution in [2.75, 3.05) is 7.11 Å². The van der Waals surface area contributed by atoms with Crippen LogP contribution in [0.3, 0.4) is 0 Å². The highest BCUT2D eigenvalue weighted by Gasteiger charge is 2.19. The minimum atomic E-state index is -0.848. The first kappa shape index (κ1) is 13.0. The second-order valence-electron chi connectivity index (χ2n) is 4.27. The molecule has 0 aliphatic rings. The lowest BCUT2D eigenvalue weighted by Crippen LogP contribution is -2.42. The van der Waals surface area contributed by atoms with E-state index in [0.29, 0.717) is 5.75 Å². The standard InChI is InChI=1S/C13H16N2O2/c1-13(2,9-14)15-12(16)8-10-6-4-5-7-11(10)17-3/h4-7H,8H2,1-3H3,(H,15,16). The van der Waals surface area contributed by atoms with Gasteiger partial charge in [0.15, 0.2) is 0 Å². The van der Waals surface area contributed by atoms with E-state index in [1.54, 1.807) is 27.0 Å². The van der Waals surface area contributed by atoms with E-state index in [2.05, 4.69) is 5.32 Å². The van der Waals surface area contributed by atoms with E-state index in [-0.39, 0.29) is 12.3 Å². The van der Waals surface area contributed by atoms with Crippen LogP contribution in [-0.2, 0) is 11.2 Å². The second-order valence-corrected chi connectivity index (χ2v) is 4.27. The number of carbonyl (C=O) groups is 1. The number of hydrogen-bond acceptors (Lipinski definition) is 3. The number of rotatable bonds is 4. The van der Waals surface area contributed by atoms with Gasteiger partial charge in [0.2, 0.25) is 5.91 Å². The van der Waals surface area contributed by atoms with E-state index in [0.717, 1.165) is 5.56 Å². The van der Waals surface area contributed by atoms with Crippen LogP contribution in [0.2, 0.25) is 0 Å². The molecule has 0 heterocycles. The quantitative estimate of drug-likeness (QED) is 0.858. The normalized spacial score (nSPS) is 10.5. The maximum Gasteiger partial charge on any atom is 0.225 e. The first-order valence-corrected chi connectivity index (χ1v) is 5.32. The number of ether oxygens (including phenoxy) is 1. The van der Waals surface area contributed by atoms with Crippen LogP contribution < -0.4 is 10.1 Å². The molecule has 0 aromatic heterocycles. The topological polar surface area (TPSA) is 62.1 Å². The van der Waals surface area contributed by atoms with Gasteiger partial charge in [0, 0.05) is 5.56 Å². The summed E-state index contributed by atoms with van der Waals surface area (Å²) in [6, 6.07) is 9.35. The number of nitrogens with one attached hydrogen (secondary N) is 1. The molecule has 90 valence electrons. The first-order chi connectivity index (χ1) is 7.98. The monoisotopic (exact) mass is 232 g/mol. The molecule has 0 aliphatic heterocycles. The van der Waals surface area contributed by atoms with Crippen LogP contribution in [0.5, 0.6) is 5.75 Å². The molecule has 1 rings (SSSR count). The number of para-hydroxylation sites is 1. The van der Waals surface area contributed by atoms with E-state index in [9.17, 15) is 4.79 Å². The Morgan fingerprint density at radius 2 is 2.12 bits per heavy atom.